The zero-order valence-corrected chi connectivity index (χ0v) is 11.3. The van der Waals surface area contributed by atoms with Gasteiger partial charge in [0.15, 0.2) is 5.03 Å². The molecule has 0 radical (unpaired) electrons. The van der Waals surface area contributed by atoms with E-state index in [4.69, 9.17) is 5.73 Å². The number of aromatic nitrogens is 1. The first-order valence-electron chi connectivity index (χ1n) is 6.02. The smallest absolute Gasteiger partial charge is 0.283 e. The highest BCUT2D eigenvalue weighted by molar-refractivity contribution is 7.92. The Morgan fingerprint density at radius 2 is 2.10 bits per heavy atom. The van der Waals surface area contributed by atoms with Crippen molar-refractivity contribution in [2.24, 2.45) is 0 Å². The molecule has 2 N–H and O–H groups in total. The van der Waals surface area contributed by atoms with E-state index < -0.39 is 15.8 Å². The van der Waals surface area contributed by atoms with E-state index in [-0.39, 0.29) is 17.3 Å². The molecule has 0 unspecified atom stereocenters. The number of hydrogen-bond donors (Lipinski definition) is 1. The third kappa shape index (κ3) is 1.90. The van der Waals surface area contributed by atoms with Crippen molar-refractivity contribution in [2.45, 2.75) is 11.4 Å². The van der Waals surface area contributed by atoms with E-state index in [2.05, 4.69) is 4.98 Å². The number of nitrogens with two attached hydrogens (primary N) is 1. The molecule has 20 heavy (non-hydrogen) atoms. The Hall–Kier alpha value is -2.15. The van der Waals surface area contributed by atoms with E-state index >= 15 is 0 Å². The first kappa shape index (κ1) is 12.9. The van der Waals surface area contributed by atoms with Crippen molar-refractivity contribution < 1.29 is 12.8 Å². The topological polar surface area (TPSA) is 76.3 Å². The molecule has 2 aromatic rings. The van der Waals surface area contributed by atoms with Gasteiger partial charge in [0.1, 0.15) is 5.82 Å². The molecule has 0 bridgehead atoms. The van der Waals surface area contributed by atoms with Crippen LogP contribution in [0.2, 0.25) is 0 Å². The van der Waals surface area contributed by atoms with Gasteiger partial charge in [-0.1, -0.05) is 6.07 Å². The van der Waals surface area contributed by atoms with Crippen molar-refractivity contribution in [1.29, 1.82) is 0 Å². The molecule has 1 aromatic carbocycles. The van der Waals surface area contributed by atoms with Crippen LogP contribution in [-0.2, 0) is 16.4 Å². The Labute approximate surface area is 115 Å². The second-order valence-corrected chi connectivity index (χ2v) is 6.28. The van der Waals surface area contributed by atoms with E-state index in [1.165, 1.54) is 24.4 Å². The molecule has 0 amide bonds. The molecule has 0 spiro atoms. The number of hydrogen-bond acceptors (Lipinski definition) is 4. The summed E-state index contributed by atoms with van der Waals surface area (Å²) < 4.78 is 39.7. The molecule has 1 aliphatic heterocycles. The third-order valence-corrected chi connectivity index (χ3v) is 5.02. The van der Waals surface area contributed by atoms with E-state index in [0.29, 0.717) is 12.1 Å². The summed E-state index contributed by atoms with van der Waals surface area (Å²) >= 11 is 0. The molecule has 7 heteroatoms. The maximum absolute atomic E-state index is 13.3. The van der Waals surface area contributed by atoms with Crippen molar-refractivity contribution in [2.75, 3.05) is 16.6 Å². The van der Waals surface area contributed by atoms with E-state index in [9.17, 15) is 12.8 Å². The predicted molar refractivity (Wildman–Crippen MR) is 73.3 cm³/mol. The van der Waals surface area contributed by atoms with Crippen LogP contribution in [0.25, 0.3) is 0 Å². The highest BCUT2D eigenvalue weighted by Gasteiger charge is 2.33. The predicted octanol–water partition coefficient (Wildman–Crippen LogP) is 1.55. The van der Waals surface area contributed by atoms with Crippen LogP contribution in [0.15, 0.2) is 41.6 Å². The molecule has 0 fully saturated rings. The lowest BCUT2D eigenvalue weighted by Crippen LogP contribution is -2.30. The van der Waals surface area contributed by atoms with Gasteiger partial charge in [-0.05, 0) is 36.2 Å². The molecule has 0 saturated heterocycles. The summed E-state index contributed by atoms with van der Waals surface area (Å²) in [5, 5.41) is -0.197. The molecule has 0 atom stereocenters. The number of nitrogens with zero attached hydrogens (tertiary/aromatic N) is 2. The van der Waals surface area contributed by atoms with Crippen LogP contribution in [0, 0.1) is 5.82 Å². The van der Waals surface area contributed by atoms with Crippen molar-refractivity contribution in [3.8, 4) is 0 Å². The summed E-state index contributed by atoms with van der Waals surface area (Å²) in [6, 6.07) is 7.18. The minimum atomic E-state index is -3.87. The Balaban J connectivity index is 2.12. The number of benzene rings is 1. The maximum atomic E-state index is 13.3. The average Bonchev–Trinajstić information content (AvgIpc) is 2.82. The highest BCUT2D eigenvalue weighted by Crippen LogP contribution is 2.34. The fraction of sp³-hybridized carbons (Fsp3) is 0.154. The lowest BCUT2D eigenvalue weighted by molar-refractivity contribution is 0.589. The number of anilines is 2. The first-order valence-corrected chi connectivity index (χ1v) is 7.46. The summed E-state index contributed by atoms with van der Waals surface area (Å²) in [5.41, 5.74) is 6.91. The number of sulfonamides is 1. The van der Waals surface area contributed by atoms with Gasteiger partial charge in [-0.25, -0.2) is 9.37 Å². The third-order valence-electron chi connectivity index (χ3n) is 3.24. The number of pyridine rings is 1. The van der Waals surface area contributed by atoms with Crippen LogP contribution in [0.1, 0.15) is 5.56 Å². The normalized spacial score (nSPS) is 14.3. The summed E-state index contributed by atoms with van der Waals surface area (Å²) in [7, 11) is -3.87. The number of nitrogen functional groups attached to an aromatic ring is 1. The largest absolute Gasteiger partial charge is 0.396 e. The Bertz CT molecular complexity index is 777. The second kappa shape index (κ2) is 4.45. The summed E-state index contributed by atoms with van der Waals surface area (Å²) in [6.45, 7) is 0.261. The molecule has 0 aliphatic carbocycles. The summed E-state index contributed by atoms with van der Waals surface area (Å²) in [6.07, 6.45) is 1.91. The highest BCUT2D eigenvalue weighted by atomic mass is 32.2. The minimum Gasteiger partial charge on any atom is -0.396 e. The average molecular weight is 293 g/mol. The van der Waals surface area contributed by atoms with Gasteiger partial charge in [0, 0.05) is 12.7 Å². The van der Waals surface area contributed by atoms with Crippen molar-refractivity contribution in [1.82, 2.24) is 4.98 Å². The van der Waals surface area contributed by atoms with Gasteiger partial charge >= 0.3 is 0 Å². The molecule has 5 nitrogen and oxygen atoms in total. The maximum Gasteiger partial charge on any atom is 0.283 e. The Morgan fingerprint density at radius 3 is 2.85 bits per heavy atom. The number of halogens is 1. The van der Waals surface area contributed by atoms with Gasteiger partial charge in [-0.3, -0.25) is 4.31 Å². The van der Waals surface area contributed by atoms with Crippen LogP contribution in [0.5, 0.6) is 0 Å². The molecular formula is C13H12FN3O2S. The minimum absolute atomic E-state index is 0.0809. The number of fused-ring (bicyclic) bond motifs is 1. The van der Waals surface area contributed by atoms with Gasteiger partial charge in [-0.2, -0.15) is 8.42 Å². The van der Waals surface area contributed by atoms with Crippen LogP contribution >= 0.6 is 0 Å². The fourth-order valence-corrected chi connectivity index (χ4v) is 3.83. The molecule has 1 aliphatic rings. The van der Waals surface area contributed by atoms with E-state index in [1.807, 2.05) is 0 Å². The summed E-state index contributed by atoms with van der Waals surface area (Å²) in [5.74, 6) is -0.472. The molecular weight excluding hydrogens is 281 g/mol. The second-order valence-electron chi connectivity index (χ2n) is 4.50. The lowest BCUT2D eigenvalue weighted by atomic mass is 10.2. The molecule has 2 heterocycles. The molecule has 3 rings (SSSR count). The van der Waals surface area contributed by atoms with Crippen molar-refractivity contribution >= 4 is 21.4 Å². The lowest BCUT2D eigenvalue weighted by Gasteiger charge is -2.19. The zero-order valence-electron chi connectivity index (χ0n) is 10.5. The first-order chi connectivity index (χ1) is 9.50. The SMILES string of the molecule is Nc1cccnc1S(=O)(=O)N1CCc2ccc(F)cc21. The van der Waals surface area contributed by atoms with E-state index in [1.54, 1.807) is 12.1 Å². The van der Waals surface area contributed by atoms with Crippen molar-refractivity contribution in [3.05, 3.63) is 47.9 Å². The van der Waals surface area contributed by atoms with Gasteiger partial charge in [0.25, 0.3) is 10.0 Å². The monoisotopic (exact) mass is 293 g/mol. The Morgan fingerprint density at radius 1 is 1.30 bits per heavy atom. The summed E-state index contributed by atoms with van der Waals surface area (Å²) in [4.78, 5) is 3.84. The standard InChI is InChI=1S/C13H12FN3O2S/c14-10-4-3-9-5-7-17(12(9)8-10)20(18,19)13-11(15)2-1-6-16-13/h1-4,6,8H,5,7,15H2. The molecule has 1 aromatic heterocycles. The van der Waals surface area contributed by atoms with Crippen LogP contribution in [0.4, 0.5) is 15.8 Å². The molecule has 104 valence electrons. The van der Waals surface area contributed by atoms with Crippen LogP contribution in [-0.4, -0.2) is 19.9 Å². The van der Waals surface area contributed by atoms with Gasteiger partial charge in [0.2, 0.25) is 0 Å². The quantitative estimate of drug-likeness (QED) is 0.911. The Kier molecular flexibility index (Phi) is 2.86. The zero-order chi connectivity index (χ0) is 14.3. The molecule has 0 saturated carbocycles. The number of rotatable bonds is 2. The van der Waals surface area contributed by atoms with Crippen LogP contribution < -0.4 is 10.0 Å². The van der Waals surface area contributed by atoms with Gasteiger partial charge < -0.3 is 5.73 Å². The van der Waals surface area contributed by atoms with Gasteiger partial charge in [-0.15, -0.1) is 0 Å². The van der Waals surface area contributed by atoms with Gasteiger partial charge in [0.05, 0.1) is 11.4 Å². The van der Waals surface area contributed by atoms with Crippen molar-refractivity contribution in [3.63, 3.8) is 0 Å². The van der Waals surface area contributed by atoms with E-state index in [0.717, 1.165) is 9.87 Å². The van der Waals surface area contributed by atoms with Crippen LogP contribution in [0.3, 0.4) is 0 Å². The fourth-order valence-electron chi connectivity index (χ4n) is 2.30.